The standard InChI is InChI=1S/C24H31N3OS/c1-27-15-12-20(13-16-27)28-23(24-26-21-10-2-3-11-22(21)29-24)19-9-6-8-18(17-19)7-4-5-14-25/h2-3,6,8-11,17,20,23H,4-5,7,12-16,25H2,1H3. The summed E-state index contributed by atoms with van der Waals surface area (Å²) in [5, 5.41) is 1.06. The van der Waals surface area contributed by atoms with Gasteiger partial charge in [0, 0.05) is 13.1 Å². The lowest BCUT2D eigenvalue weighted by Crippen LogP contribution is -2.35. The molecule has 29 heavy (non-hydrogen) atoms. The van der Waals surface area contributed by atoms with Crippen molar-refractivity contribution in [3.8, 4) is 0 Å². The van der Waals surface area contributed by atoms with Crippen molar-refractivity contribution >= 4 is 21.6 Å². The van der Waals surface area contributed by atoms with Crippen LogP contribution >= 0.6 is 11.3 Å². The summed E-state index contributed by atoms with van der Waals surface area (Å²) in [6.45, 7) is 2.94. The number of benzene rings is 2. The van der Waals surface area contributed by atoms with E-state index < -0.39 is 0 Å². The van der Waals surface area contributed by atoms with Gasteiger partial charge in [-0.2, -0.15) is 0 Å². The van der Waals surface area contributed by atoms with E-state index in [0.29, 0.717) is 0 Å². The SMILES string of the molecule is CN1CCC(OC(c2cccc(CCCCN)c2)c2nc3ccccc3s2)CC1. The van der Waals surface area contributed by atoms with Gasteiger partial charge >= 0.3 is 0 Å². The number of hydrogen-bond acceptors (Lipinski definition) is 5. The fourth-order valence-electron chi connectivity index (χ4n) is 3.98. The number of unbranched alkanes of at least 4 members (excludes halogenated alkanes) is 1. The van der Waals surface area contributed by atoms with Crippen molar-refractivity contribution in [2.45, 2.75) is 44.3 Å². The molecule has 3 aromatic rings. The third kappa shape index (κ3) is 5.23. The van der Waals surface area contributed by atoms with Crippen molar-refractivity contribution in [3.63, 3.8) is 0 Å². The first-order valence-electron chi connectivity index (χ1n) is 10.7. The fraction of sp³-hybridized carbons (Fsp3) is 0.458. The van der Waals surface area contributed by atoms with Crippen molar-refractivity contribution in [1.82, 2.24) is 9.88 Å². The van der Waals surface area contributed by atoms with Gasteiger partial charge in [0.15, 0.2) is 0 Å². The van der Waals surface area contributed by atoms with Crippen LogP contribution in [-0.4, -0.2) is 42.7 Å². The first kappa shape index (κ1) is 20.5. The Balaban J connectivity index is 1.61. The van der Waals surface area contributed by atoms with E-state index in [0.717, 1.165) is 62.3 Å². The van der Waals surface area contributed by atoms with Gasteiger partial charge in [0.05, 0.1) is 16.3 Å². The molecule has 1 aromatic heterocycles. The molecule has 0 spiro atoms. The summed E-state index contributed by atoms with van der Waals surface area (Å²) in [7, 11) is 2.19. The van der Waals surface area contributed by atoms with Gasteiger partial charge in [-0.3, -0.25) is 0 Å². The van der Waals surface area contributed by atoms with Gasteiger partial charge in [0.2, 0.25) is 0 Å². The van der Waals surface area contributed by atoms with Crippen LogP contribution in [0.25, 0.3) is 10.2 Å². The molecule has 1 atom stereocenters. The van der Waals surface area contributed by atoms with E-state index in [1.54, 1.807) is 11.3 Å². The van der Waals surface area contributed by atoms with Crippen LogP contribution in [0.4, 0.5) is 0 Å². The minimum Gasteiger partial charge on any atom is -0.363 e. The summed E-state index contributed by atoms with van der Waals surface area (Å²) in [5.74, 6) is 0. The number of hydrogen-bond donors (Lipinski definition) is 1. The van der Waals surface area contributed by atoms with Crippen molar-refractivity contribution < 1.29 is 4.74 Å². The van der Waals surface area contributed by atoms with Crippen molar-refractivity contribution in [1.29, 1.82) is 0 Å². The van der Waals surface area contributed by atoms with Crippen LogP contribution < -0.4 is 5.73 Å². The van der Waals surface area contributed by atoms with Crippen molar-refractivity contribution in [2.75, 3.05) is 26.7 Å². The Bertz CT molecular complexity index is 884. The lowest BCUT2D eigenvalue weighted by Gasteiger charge is -2.31. The second-order valence-electron chi connectivity index (χ2n) is 8.03. The van der Waals surface area contributed by atoms with Crippen LogP contribution in [0, 0.1) is 0 Å². The molecule has 154 valence electrons. The smallest absolute Gasteiger partial charge is 0.134 e. The van der Waals surface area contributed by atoms with Crippen LogP contribution in [-0.2, 0) is 11.2 Å². The number of likely N-dealkylation sites (tertiary alicyclic amines) is 1. The summed E-state index contributed by atoms with van der Waals surface area (Å²) < 4.78 is 7.94. The zero-order valence-corrected chi connectivity index (χ0v) is 18.0. The minimum absolute atomic E-state index is 0.102. The Hall–Kier alpha value is -1.79. The topological polar surface area (TPSA) is 51.4 Å². The highest BCUT2D eigenvalue weighted by Gasteiger charge is 2.26. The van der Waals surface area contributed by atoms with Crippen molar-refractivity contribution in [3.05, 3.63) is 64.7 Å². The minimum atomic E-state index is -0.102. The average Bonchev–Trinajstić information content (AvgIpc) is 3.17. The van der Waals surface area contributed by atoms with Crippen LogP contribution in [0.2, 0.25) is 0 Å². The summed E-state index contributed by atoms with van der Waals surface area (Å²) in [4.78, 5) is 7.32. The zero-order chi connectivity index (χ0) is 20.1. The lowest BCUT2D eigenvalue weighted by molar-refractivity contribution is -0.0234. The molecule has 1 saturated heterocycles. The van der Waals surface area contributed by atoms with E-state index in [-0.39, 0.29) is 12.2 Å². The molecule has 0 radical (unpaired) electrons. The molecule has 1 aliphatic heterocycles. The summed E-state index contributed by atoms with van der Waals surface area (Å²) >= 11 is 1.75. The van der Waals surface area contributed by atoms with Crippen LogP contribution in [0.3, 0.4) is 0 Å². The second-order valence-corrected chi connectivity index (χ2v) is 9.09. The van der Waals surface area contributed by atoms with E-state index in [1.165, 1.54) is 15.8 Å². The number of nitrogens with zero attached hydrogens (tertiary/aromatic N) is 2. The van der Waals surface area contributed by atoms with Crippen LogP contribution in [0.15, 0.2) is 48.5 Å². The van der Waals surface area contributed by atoms with Crippen LogP contribution in [0.5, 0.6) is 0 Å². The number of rotatable bonds is 8. The average molecular weight is 410 g/mol. The van der Waals surface area contributed by atoms with Gasteiger partial charge < -0.3 is 15.4 Å². The van der Waals surface area contributed by atoms with E-state index in [4.69, 9.17) is 15.5 Å². The molecule has 1 fully saturated rings. The maximum Gasteiger partial charge on any atom is 0.134 e. The van der Waals surface area contributed by atoms with E-state index in [1.807, 2.05) is 0 Å². The highest BCUT2D eigenvalue weighted by Crippen LogP contribution is 2.35. The molecule has 1 unspecified atom stereocenters. The van der Waals surface area contributed by atoms with Crippen molar-refractivity contribution in [2.24, 2.45) is 5.73 Å². The molecule has 4 rings (SSSR count). The first-order chi connectivity index (χ1) is 14.2. The number of ether oxygens (including phenoxy) is 1. The highest BCUT2D eigenvalue weighted by atomic mass is 32.1. The number of aromatic nitrogens is 1. The molecule has 0 aliphatic carbocycles. The molecule has 2 N–H and O–H groups in total. The van der Waals surface area contributed by atoms with Gasteiger partial charge in [-0.05, 0) is 69.0 Å². The molecule has 0 amide bonds. The number of fused-ring (bicyclic) bond motifs is 1. The van der Waals surface area contributed by atoms with Gasteiger partial charge in [-0.15, -0.1) is 11.3 Å². The summed E-state index contributed by atoms with van der Waals surface area (Å²) in [6.07, 6.45) is 5.59. The Labute approximate surface area is 177 Å². The maximum absolute atomic E-state index is 6.72. The van der Waals surface area contributed by atoms with E-state index in [9.17, 15) is 0 Å². The second kappa shape index (κ2) is 9.81. The first-order valence-corrected chi connectivity index (χ1v) is 11.5. The maximum atomic E-state index is 6.72. The lowest BCUT2D eigenvalue weighted by atomic mass is 10.0. The van der Waals surface area contributed by atoms with Gasteiger partial charge in [-0.25, -0.2) is 4.98 Å². The third-order valence-corrected chi connectivity index (χ3v) is 6.78. The Kier molecular flexibility index (Phi) is 6.93. The Morgan fingerprint density at radius 2 is 1.97 bits per heavy atom. The van der Waals surface area contributed by atoms with E-state index in [2.05, 4.69) is 60.5 Å². The zero-order valence-electron chi connectivity index (χ0n) is 17.2. The van der Waals surface area contributed by atoms with Crippen LogP contribution in [0.1, 0.15) is 47.9 Å². The number of aryl methyl sites for hydroxylation is 1. The number of piperidine rings is 1. The van der Waals surface area contributed by atoms with Gasteiger partial charge in [0.25, 0.3) is 0 Å². The largest absolute Gasteiger partial charge is 0.363 e. The number of thiazole rings is 1. The molecule has 4 nitrogen and oxygen atoms in total. The normalized spacial score (nSPS) is 17.0. The molecule has 0 saturated carbocycles. The predicted octanol–water partition coefficient (Wildman–Crippen LogP) is 4.78. The Morgan fingerprint density at radius 3 is 2.76 bits per heavy atom. The molecular weight excluding hydrogens is 378 g/mol. The summed E-state index contributed by atoms with van der Waals surface area (Å²) in [5.41, 5.74) is 9.30. The molecule has 2 aromatic carbocycles. The van der Waals surface area contributed by atoms with Gasteiger partial charge in [-0.1, -0.05) is 36.4 Å². The Morgan fingerprint density at radius 1 is 1.14 bits per heavy atom. The highest BCUT2D eigenvalue weighted by molar-refractivity contribution is 7.18. The molecule has 5 heteroatoms. The fourth-order valence-corrected chi connectivity index (χ4v) is 5.01. The molecule has 1 aliphatic rings. The third-order valence-electron chi connectivity index (χ3n) is 5.70. The van der Waals surface area contributed by atoms with E-state index >= 15 is 0 Å². The quantitative estimate of drug-likeness (QED) is 0.544. The monoisotopic (exact) mass is 409 g/mol. The molecule has 0 bridgehead atoms. The number of nitrogens with two attached hydrogens (primary N) is 1. The molecular formula is C24H31N3OS. The predicted molar refractivity (Wildman–Crippen MR) is 122 cm³/mol. The summed E-state index contributed by atoms with van der Waals surface area (Å²) in [6, 6.07) is 17.2. The number of para-hydroxylation sites is 1. The van der Waals surface area contributed by atoms with Gasteiger partial charge in [0.1, 0.15) is 11.1 Å². The molecule has 2 heterocycles.